The van der Waals surface area contributed by atoms with Gasteiger partial charge >= 0.3 is 0 Å². The summed E-state index contributed by atoms with van der Waals surface area (Å²) in [5.41, 5.74) is 0. The van der Waals surface area contributed by atoms with Crippen molar-refractivity contribution in [2.45, 2.75) is 18.7 Å². The second kappa shape index (κ2) is 2.40. The maximum Gasteiger partial charge on any atom is 0.124 e. The van der Waals surface area contributed by atoms with Crippen molar-refractivity contribution in [2.75, 3.05) is 19.6 Å². The lowest BCUT2D eigenvalue weighted by Crippen LogP contribution is -2.69. The summed E-state index contributed by atoms with van der Waals surface area (Å²) < 4.78 is 0. The molecule has 0 aromatic rings. The molecule has 5 nitrogen and oxygen atoms in total. The molecule has 3 unspecified atom stereocenters. The highest BCUT2D eigenvalue weighted by Gasteiger charge is 2.42. The van der Waals surface area contributed by atoms with Gasteiger partial charge in [-0.1, -0.05) is 0 Å². The van der Waals surface area contributed by atoms with Gasteiger partial charge in [-0.3, -0.25) is 4.90 Å². The summed E-state index contributed by atoms with van der Waals surface area (Å²) in [6.45, 7) is 1.57. The molecule has 11 heavy (non-hydrogen) atoms. The average Bonchev–Trinajstić information content (AvgIpc) is 1.82. The number of aliphatic hydroxyl groups is 3. The van der Waals surface area contributed by atoms with Crippen molar-refractivity contribution in [1.29, 1.82) is 0 Å². The molecular weight excluding hydrogens is 148 g/mol. The summed E-state index contributed by atoms with van der Waals surface area (Å²) in [6, 6.07) is 0. The molecule has 0 aromatic heterocycles. The molecule has 0 aromatic carbocycles. The van der Waals surface area contributed by atoms with Gasteiger partial charge in [0.05, 0.1) is 0 Å². The van der Waals surface area contributed by atoms with Crippen LogP contribution in [0.1, 0.15) is 0 Å². The predicted molar refractivity (Wildman–Crippen MR) is 36.3 cm³/mol. The maximum absolute atomic E-state index is 9.30. The minimum absolute atomic E-state index is 0.522. The first kappa shape index (κ1) is 7.45. The Morgan fingerprint density at radius 1 is 0.818 bits per heavy atom. The van der Waals surface area contributed by atoms with Crippen LogP contribution in [0.5, 0.6) is 0 Å². The molecule has 3 rings (SSSR count). The molecule has 0 amide bonds. The normalized spacial score (nSPS) is 56.5. The van der Waals surface area contributed by atoms with E-state index in [-0.39, 0.29) is 0 Å². The van der Waals surface area contributed by atoms with Crippen LogP contribution >= 0.6 is 0 Å². The van der Waals surface area contributed by atoms with Gasteiger partial charge in [0, 0.05) is 19.6 Å². The molecule has 3 saturated heterocycles. The summed E-state index contributed by atoms with van der Waals surface area (Å²) in [5, 5.41) is 27.9. The molecule has 0 aliphatic carbocycles. The molecule has 0 spiro atoms. The van der Waals surface area contributed by atoms with Gasteiger partial charge in [0.1, 0.15) is 18.7 Å². The fourth-order valence-corrected chi connectivity index (χ4v) is 1.80. The Morgan fingerprint density at radius 3 is 1.36 bits per heavy atom. The molecule has 3 heterocycles. The van der Waals surface area contributed by atoms with Crippen molar-refractivity contribution in [3.05, 3.63) is 0 Å². The molecule has 64 valence electrons. The highest BCUT2D eigenvalue weighted by molar-refractivity contribution is 4.87. The standard InChI is InChI=1S/C6H12N2O3/c9-4-1-7-2-5(10)8(4)6(11)3-7/h4-6,9-11H,1-3H2. The van der Waals surface area contributed by atoms with Crippen LogP contribution in [0.4, 0.5) is 0 Å². The van der Waals surface area contributed by atoms with E-state index in [1.54, 1.807) is 0 Å². The second-order valence-corrected chi connectivity index (χ2v) is 3.11. The number of hydrogen-bond donors (Lipinski definition) is 3. The number of aliphatic hydroxyl groups excluding tert-OH is 3. The van der Waals surface area contributed by atoms with Crippen LogP contribution in [0.2, 0.25) is 0 Å². The monoisotopic (exact) mass is 160 g/mol. The maximum atomic E-state index is 9.30. The largest absolute Gasteiger partial charge is 0.377 e. The van der Waals surface area contributed by atoms with Gasteiger partial charge in [-0.25, -0.2) is 4.90 Å². The van der Waals surface area contributed by atoms with E-state index in [0.717, 1.165) is 0 Å². The highest BCUT2D eigenvalue weighted by Crippen LogP contribution is 2.21. The third-order valence-electron chi connectivity index (χ3n) is 2.30. The van der Waals surface area contributed by atoms with Crippen molar-refractivity contribution in [3.63, 3.8) is 0 Å². The van der Waals surface area contributed by atoms with Gasteiger partial charge in [0.15, 0.2) is 0 Å². The summed E-state index contributed by atoms with van der Waals surface area (Å²) in [5.74, 6) is 0. The Labute approximate surface area is 64.5 Å². The number of nitrogens with zero attached hydrogens (tertiary/aromatic N) is 2. The van der Waals surface area contributed by atoms with Crippen molar-refractivity contribution < 1.29 is 15.3 Å². The molecule has 0 radical (unpaired) electrons. The first-order chi connectivity index (χ1) is 5.18. The van der Waals surface area contributed by atoms with Crippen LogP contribution in [0.15, 0.2) is 0 Å². The Hall–Kier alpha value is -0.200. The lowest BCUT2D eigenvalue weighted by molar-refractivity contribution is -0.256. The van der Waals surface area contributed by atoms with Gasteiger partial charge in [-0.2, -0.15) is 0 Å². The molecule has 0 saturated carbocycles. The Bertz CT molecular complexity index is 137. The molecule has 3 fully saturated rings. The van der Waals surface area contributed by atoms with Gasteiger partial charge < -0.3 is 15.3 Å². The zero-order chi connectivity index (χ0) is 8.01. The number of piperazine rings is 3. The van der Waals surface area contributed by atoms with Crippen LogP contribution in [0.25, 0.3) is 0 Å². The third kappa shape index (κ3) is 1.05. The molecule has 3 aliphatic rings. The zero-order valence-corrected chi connectivity index (χ0v) is 6.09. The fraction of sp³-hybridized carbons (Fsp3) is 1.00. The van der Waals surface area contributed by atoms with E-state index in [2.05, 4.69) is 0 Å². The second-order valence-electron chi connectivity index (χ2n) is 3.11. The van der Waals surface area contributed by atoms with E-state index >= 15 is 0 Å². The van der Waals surface area contributed by atoms with Crippen LogP contribution < -0.4 is 0 Å². The van der Waals surface area contributed by atoms with Crippen LogP contribution in [0.3, 0.4) is 0 Å². The minimum atomic E-state index is -0.720. The summed E-state index contributed by atoms with van der Waals surface area (Å²) in [7, 11) is 0. The van der Waals surface area contributed by atoms with E-state index < -0.39 is 18.7 Å². The number of hydrogen-bond acceptors (Lipinski definition) is 5. The topological polar surface area (TPSA) is 67.2 Å². The van der Waals surface area contributed by atoms with E-state index in [4.69, 9.17) is 0 Å². The first-order valence-electron chi connectivity index (χ1n) is 3.72. The van der Waals surface area contributed by atoms with Crippen molar-refractivity contribution in [1.82, 2.24) is 9.80 Å². The molecule has 3 N–H and O–H groups in total. The Kier molecular flexibility index (Phi) is 1.62. The third-order valence-corrected chi connectivity index (χ3v) is 2.30. The smallest absolute Gasteiger partial charge is 0.124 e. The lowest BCUT2D eigenvalue weighted by Gasteiger charge is -2.50. The Morgan fingerprint density at radius 2 is 1.18 bits per heavy atom. The molecule has 5 heteroatoms. The summed E-state index contributed by atoms with van der Waals surface area (Å²) >= 11 is 0. The van der Waals surface area contributed by atoms with Gasteiger partial charge in [0.2, 0.25) is 0 Å². The van der Waals surface area contributed by atoms with Gasteiger partial charge in [0.25, 0.3) is 0 Å². The van der Waals surface area contributed by atoms with Crippen LogP contribution in [-0.2, 0) is 0 Å². The number of rotatable bonds is 0. The van der Waals surface area contributed by atoms with Crippen molar-refractivity contribution in [3.8, 4) is 0 Å². The van der Waals surface area contributed by atoms with E-state index in [0.29, 0.717) is 19.6 Å². The van der Waals surface area contributed by atoms with E-state index in [1.807, 2.05) is 4.90 Å². The van der Waals surface area contributed by atoms with Gasteiger partial charge in [-0.05, 0) is 0 Å². The van der Waals surface area contributed by atoms with E-state index in [9.17, 15) is 15.3 Å². The zero-order valence-electron chi connectivity index (χ0n) is 6.09. The fourth-order valence-electron chi connectivity index (χ4n) is 1.80. The predicted octanol–water partition coefficient (Wildman–Crippen LogP) is -2.43. The van der Waals surface area contributed by atoms with E-state index in [1.165, 1.54) is 4.90 Å². The summed E-state index contributed by atoms with van der Waals surface area (Å²) in [6.07, 6.45) is -2.16. The molecular formula is C6H12N2O3. The Balaban J connectivity index is 2.16. The molecule has 3 atom stereocenters. The quantitative estimate of drug-likeness (QED) is 0.368. The number of fused-ring (bicyclic) bond motifs is 3. The van der Waals surface area contributed by atoms with Crippen LogP contribution in [-0.4, -0.2) is 63.4 Å². The van der Waals surface area contributed by atoms with Gasteiger partial charge in [-0.15, -0.1) is 0 Å². The van der Waals surface area contributed by atoms with Crippen molar-refractivity contribution >= 4 is 0 Å². The first-order valence-corrected chi connectivity index (χ1v) is 3.72. The molecule has 2 bridgehead atoms. The molecule has 3 aliphatic heterocycles. The lowest BCUT2D eigenvalue weighted by atomic mass is 10.1. The minimum Gasteiger partial charge on any atom is -0.377 e. The summed E-state index contributed by atoms with van der Waals surface area (Å²) in [4.78, 5) is 3.18. The van der Waals surface area contributed by atoms with Crippen molar-refractivity contribution in [2.24, 2.45) is 0 Å². The SMILES string of the molecule is OC1CN2CC(O)N1C(O)C2. The average molecular weight is 160 g/mol. The van der Waals surface area contributed by atoms with Crippen LogP contribution in [0, 0.1) is 0 Å². The highest BCUT2D eigenvalue weighted by atomic mass is 16.4.